The molecule has 1 heterocycles. The average Bonchev–Trinajstić information content (AvgIpc) is 2.27. The highest BCUT2D eigenvalue weighted by Crippen LogP contribution is 2.24. The van der Waals surface area contributed by atoms with Gasteiger partial charge in [-0.05, 0) is 48.2 Å². The van der Waals surface area contributed by atoms with Crippen molar-refractivity contribution in [2.24, 2.45) is 0 Å². The normalized spacial score (nSPS) is 10.4. The van der Waals surface area contributed by atoms with Gasteiger partial charge in [-0.1, -0.05) is 17.7 Å². The summed E-state index contributed by atoms with van der Waals surface area (Å²) in [6.07, 6.45) is 4.43. The Morgan fingerprint density at radius 1 is 1.38 bits per heavy atom. The van der Waals surface area contributed by atoms with Crippen molar-refractivity contribution in [1.29, 1.82) is 0 Å². The minimum absolute atomic E-state index is 0.682. The molecule has 2 rings (SSSR count). The second-order valence-corrected chi connectivity index (χ2v) is 4.25. The molecule has 0 atom stereocenters. The maximum Gasteiger partial charge on any atom is 0.0429 e. The molecule has 0 fully saturated rings. The van der Waals surface area contributed by atoms with E-state index in [1.807, 2.05) is 31.3 Å². The Morgan fingerprint density at radius 2 is 2.19 bits per heavy atom. The van der Waals surface area contributed by atoms with Crippen molar-refractivity contribution < 1.29 is 0 Å². The molecule has 1 aromatic carbocycles. The molecule has 1 aromatic heterocycles. The molecule has 0 aliphatic heterocycles. The quantitative estimate of drug-likeness (QED) is 0.808. The Bertz CT molecular complexity index is 495. The number of rotatable bonds is 2. The molecule has 0 amide bonds. The lowest BCUT2D eigenvalue weighted by molar-refractivity contribution is 1.12. The van der Waals surface area contributed by atoms with E-state index >= 15 is 0 Å². The van der Waals surface area contributed by atoms with Crippen molar-refractivity contribution in [3.63, 3.8) is 0 Å². The first-order valence-electron chi connectivity index (χ1n) is 5.10. The summed E-state index contributed by atoms with van der Waals surface area (Å²) in [5, 5.41) is 0.682. The van der Waals surface area contributed by atoms with Gasteiger partial charge in [-0.3, -0.25) is 4.98 Å². The van der Waals surface area contributed by atoms with Crippen LogP contribution in [0, 0.1) is 6.92 Å². The fourth-order valence-electron chi connectivity index (χ4n) is 1.66. The zero-order valence-electron chi connectivity index (χ0n) is 9.07. The number of benzene rings is 1. The van der Waals surface area contributed by atoms with Crippen LogP contribution < -0.4 is 5.73 Å². The number of halogens is 1. The molecule has 16 heavy (non-hydrogen) atoms. The van der Waals surface area contributed by atoms with Crippen LogP contribution in [-0.4, -0.2) is 4.98 Å². The molecule has 0 bridgehead atoms. The van der Waals surface area contributed by atoms with Crippen molar-refractivity contribution in [1.82, 2.24) is 4.98 Å². The maximum atomic E-state index is 5.99. The molecule has 0 saturated heterocycles. The van der Waals surface area contributed by atoms with Crippen LogP contribution in [0.25, 0.3) is 0 Å². The van der Waals surface area contributed by atoms with E-state index in [1.54, 1.807) is 12.3 Å². The van der Waals surface area contributed by atoms with Crippen LogP contribution in [0.1, 0.15) is 16.7 Å². The predicted octanol–water partition coefficient (Wildman–Crippen LogP) is 3.22. The lowest BCUT2D eigenvalue weighted by Gasteiger charge is -2.09. The standard InChI is InChI=1S/C13H13ClN2/c1-9-11(6-12(14)7-13(9)15)5-10-3-2-4-16-8-10/h2-4,6-8H,5,15H2,1H3. The minimum Gasteiger partial charge on any atom is -0.398 e. The number of nitrogen functional groups attached to an aromatic ring is 1. The molecule has 0 spiro atoms. The molecule has 3 heteroatoms. The van der Waals surface area contributed by atoms with Crippen LogP contribution >= 0.6 is 11.6 Å². The van der Waals surface area contributed by atoms with Crippen molar-refractivity contribution in [2.45, 2.75) is 13.3 Å². The van der Waals surface area contributed by atoms with Gasteiger partial charge < -0.3 is 5.73 Å². The van der Waals surface area contributed by atoms with Gasteiger partial charge in [0.15, 0.2) is 0 Å². The largest absolute Gasteiger partial charge is 0.398 e. The Hall–Kier alpha value is -1.54. The van der Waals surface area contributed by atoms with Gasteiger partial charge in [-0.15, -0.1) is 0 Å². The van der Waals surface area contributed by atoms with Crippen LogP contribution in [0.3, 0.4) is 0 Å². The van der Waals surface area contributed by atoms with Gasteiger partial charge in [0.25, 0.3) is 0 Å². The lowest BCUT2D eigenvalue weighted by Crippen LogP contribution is -1.97. The van der Waals surface area contributed by atoms with E-state index in [4.69, 9.17) is 17.3 Å². The number of anilines is 1. The zero-order chi connectivity index (χ0) is 11.5. The van der Waals surface area contributed by atoms with Gasteiger partial charge in [-0.25, -0.2) is 0 Å². The predicted molar refractivity (Wildman–Crippen MR) is 67.6 cm³/mol. The number of nitrogens with two attached hydrogens (primary N) is 1. The molecule has 0 aliphatic rings. The Balaban J connectivity index is 2.35. The molecule has 2 N–H and O–H groups in total. The number of aromatic nitrogens is 1. The highest BCUT2D eigenvalue weighted by Gasteiger charge is 2.05. The molecule has 0 radical (unpaired) electrons. The van der Waals surface area contributed by atoms with E-state index in [2.05, 4.69) is 4.98 Å². The summed E-state index contributed by atoms with van der Waals surface area (Å²) in [6, 6.07) is 7.71. The summed E-state index contributed by atoms with van der Waals surface area (Å²) in [5.41, 5.74) is 10.0. The Morgan fingerprint density at radius 3 is 2.88 bits per heavy atom. The van der Waals surface area contributed by atoms with Crippen LogP contribution in [-0.2, 0) is 6.42 Å². The molecule has 2 nitrogen and oxygen atoms in total. The number of pyridine rings is 1. The van der Waals surface area contributed by atoms with Crippen LogP contribution in [0.5, 0.6) is 0 Å². The third-order valence-electron chi connectivity index (χ3n) is 2.64. The third kappa shape index (κ3) is 2.34. The van der Waals surface area contributed by atoms with Crippen LogP contribution in [0.2, 0.25) is 5.02 Å². The van der Waals surface area contributed by atoms with Gasteiger partial charge in [0, 0.05) is 23.1 Å². The molecular weight excluding hydrogens is 220 g/mol. The van der Waals surface area contributed by atoms with E-state index in [0.717, 1.165) is 28.8 Å². The molecule has 2 aromatic rings. The highest BCUT2D eigenvalue weighted by molar-refractivity contribution is 6.31. The number of nitrogens with zero attached hydrogens (tertiary/aromatic N) is 1. The molecule has 0 unspecified atom stereocenters. The first-order valence-corrected chi connectivity index (χ1v) is 5.48. The van der Waals surface area contributed by atoms with E-state index in [1.165, 1.54) is 0 Å². The lowest BCUT2D eigenvalue weighted by atomic mass is 10.0. The van der Waals surface area contributed by atoms with Gasteiger partial charge in [0.05, 0.1) is 0 Å². The summed E-state index contributed by atoms with van der Waals surface area (Å²) in [5.74, 6) is 0. The van der Waals surface area contributed by atoms with E-state index in [9.17, 15) is 0 Å². The number of hydrogen-bond acceptors (Lipinski definition) is 2. The number of hydrogen-bond donors (Lipinski definition) is 1. The Kier molecular flexibility index (Phi) is 3.11. The van der Waals surface area contributed by atoms with Crippen molar-refractivity contribution >= 4 is 17.3 Å². The first kappa shape index (κ1) is 11.0. The second-order valence-electron chi connectivity index (χ2n) is 3.82. The topological polar surface area (TPSA) is 38.9 Å². The molecular formula is C13H13ClN2. The van der Waals surface area contributed by atoms with E-state index < -0.39 is 0 Å². The smallest absolute Gasteiger partial charge is 0.0429 e. The Labute approximate surface area is 100 Å². The van der Waals surface area contributed by atoms with E-state index in [0.29, 0.717) is 5.02 Å². The third-order valence-corrected chi connectivity index (χ3v) is 2.86. The van der Waals surface area contributed by atoms with Gasteiger partial charge in [0.1, 0.15) is 0 Å². The van der Waals surface area contributed by atoms with Crippen LogP contribution in [0.15, 0.2) is 36.7 Å². The molecule has 0 aliphatic carbocycles. The average molecular weight is 233 g/mol. The van der Waals surface area contributed by atoms with E-state index in [-0.39, 0.29) is 0 Å². The van der Waals surface area contributed by atoms with Gasteiger partial charge >= 0.3 is 0 Å². The van der Waals surface area contributed by atoms with Crippen molar-refractivity contribution in [3.05, 3.63) is 58.4 Å². The SMILES string of the molecule is Cc1c(N)cc(Cl)cc1Cc1cccnc1. The summed E-state index contributed by atoms with van der Waals surface area (Å²) in [6.45, 7) is 2.01. The summed E-state index contributed by atoms with van der Waals surface area (Å²) in [7, 11) is 0. The zero-order valence-corrected chi connectivity index (χ0v) is 9.83. The summed E-state index contributed by atoms with van der Waals surface area (Å²) < 4.78 is 0. The van der Waals surface area contributed by atoms with Gasteiger partial charge in [0.2, 0.25) is 0 Å². The highest BCUT2D eigenvalue weighted by atomic mass is 35.5. The molecule has 82 valence electrons. The molecule has 0 saturated carbocycles. The van der Waals surface area contributed by atoms with Crippen molar-refractivity contribution in [3.8, 4) is 0 Å². The van der Waals surface area contributed by atoms with Crippen LogP contribution in [0.4, 0.5) is 5.69 Å². The summed E-state index contributed by atoms with van der Waals surface area (Å²) >= 11 is 5.99. The first-order chi connectivity index (χ1) is 7.66. The fraction of sp³-hybridized carbons (Fsp3) is 0.154. The maximum absolute atomic E-state index is 5.99. The van der Waals surface area contributed by atoms with Crippen molar-refractivity contribution in [2.75, 3.05) is 5.73 Å². The minimum atomic E-state index is 0.682. The summed E-state index contributed by atoms with van der Waals surface area (Å²) in [4.78, 5) is 4.09. The van der Waals surface area contributed by atoms with Gasteiger partial charge in [-0.2, -0.15) is 0 Å². The fourth-order valence-corrected chi connectivity index (χ4v) is 1.91. The monoisotopic (exact) mass is 232 g/mol. The second kappa shape index (κ2) is 4.54.